The van der Waals surface area contributed by atoms with Crippen LogP contribution in [0.1, 0.15) is 32.6 Å². The fourth-order valence-electron chi connectivity index (χ4n) is 1.85. The molecule has 0 aromatic carbocycles. The Balaban J connectivity index is 2.32. The van der Waals surface area contributed by atoms with Crippen molar-refractivity contribution < 1.29 is 0 Å². The molecule has 1 N–H and O–H groups in total. The summed E-state index contributed by atoms with van der Waals surface area (Å²) in [4.78, 5) is 2.69. The summed E-state index contributed by atoms with van der Waals surface area (Å²) < 4.78 is 0. The lowest BCUT2D eigenvalue weighted by Gasteiger charge is -2.26. The highest BCUT2D eigenvalue weighted by molar-refractivity contribution is 5.14. The molecule has 1 saturated carbocycles. The van der Waals surface area contributed by atoms with Crippen LogP contribution in [0.15, 0.2) is 5.11 Å². The molecule has 5 heteroatoms. The second kappa shape index (κ2) is 5.59. The SMILES string of the molecule is CCC(C#N)(NCCCN=[N+]=[N-])C1CC1. The van der Waals surface area contributed by atoms with E-state index >= 15 is 0 Å². The van der Waals surface area contributed by atoms with E-state index in [0.29, 0.717) is 12.5 Å². The van der Waals surface area contributed by atoms with E-state index in [-0.39, 0.29) is 5.54 Å². The number of hydrogen-bond acceptors (Lipinski definition) is 3. The molecular formula is C10H17N5. The Morgan fingerprint density at radius 1 is 1.67 bits per heavy atom. The molecule has 0 amide bonds. The maximum Gasteiger partial charge on any atom is 0.109 e. The third-order valence-electron chi connectivity index (χ3n) is 2.97. The summed E-state index contributed by atoms with van der Waals surface area (Å²) in [6, 6.07) is 2.40. The van der Waals surface area contributed by atoms with Crippen molar-refractivity contribution >= 4 is 0 Å². The highest BCUT2D eigenvalue weighted by Crippen LogP contribution is 2.41. The Kier molecular flexibility index (Phi) is 4.41. The zero-order valence-electron chi connectivity index (χ0n) is 9.11. The van der Waals surface area contributed by atoms with Crippen LogP contribution < -0.4 is 5.32 Å². The van der Waals surface area contributed by atoms with Gasteiger partial charge in [-0.3, -0.25) is 5.32 Å². The third-order valence-corrected chi connectivity index (χ3v) is 2.97. The predicted molar refractivity (Wildman–Crippen MR) is 58.0 cm³/mol. The summed E-state index contributed by atoms with van der Waals surface area (Å²) in [5.74, 6) is 0.520. The van der Waals surface area contributed by atoms with Crippen molar-refractivity contribution in [3.63, 3.8) is 0 Å². The van der Waals surface area contributed by atoms with E-state index in [1.165, 1.54) is 0 Å². The normalized spacial score (nSPS) is 18.7. The van der Waals surface area contributed by atoms with Gasteiger partial charge in [-0.1, -0.05) is 12.0 Å². The van der Waals surface area contributed by atoms with Crippen LogP contribution in [-0.2, 0) is 0 Å². The van der Waals surface area contributed by atoms with Crippen molar-refractivity contribution in [3.05, 3.63) is 10.4 Å². The molecule has 0 saturated heterocycles. The Hall–Kier alpha value is -1.24. The van der Waals surface area contributed by atoms with Crippen molar-refractivity contribution in [1.29, 1.82) is 5.26 Å². The average Bonchev–Trinajstić information content (AvgIpc) is 3.08. The van der Waals surface area contributed by atoms with Crippen LogP contribution in [0, 0.1) is 17.2 Å². The first-order chi connectivity index (χ1) is 7.29. The smallest absolute Gasteiger partial charge is 0.109 e. The average molecular weight is 207 g/mol. The molecule has 0 aliphatic heterocycles. The first kappa shape index (κ1) is 11.8. The first-order valence-corrected chi connectivity index (χ1v) is 5.46. The number of rotatable bonds is 7. The van der Waals surface area contributed by atoms with Gasteiger partial charge in [-0.15, -0.1) is 0 Å². The van der Waals surface area contributed by atoms with Crippen LogP contribution in [0.2, 0.25) is 0 Å². The summed E-state index contributed by atoms with van der Waals surface area (Å²) in [5, 5.41) is 16.0. The minimum absolute atomic E-state index is 0.337. The molecule has 1 aliphatic carbocycles. The summed E-state index contributed by atoms with van der Waals surface area (Å²) >= 11 is 0. The topological polar surface area (TPSA) is 84.6 Å². The fourth-order valence-corrected chi connectivity index (χ4v) is 1.85. The van der Waals surface area contributed by atoms with E-state index in [0.717, 1.165) is 32.2 Å². The summed E-state index contributed by atoms with van der Waals surface area (Å²) in [7, 11) is 0. The van der Waals surface area contributed by atoms with Crippen molar-refractivity contribution in [2.75, 3.05) is 13.1 Å². The van der Waals surface area contributed by atoms with Gasteiger partial charge in [-0.25, -0.2) is 0 Å². The van der Waals surface area contributed by atoms with Gasteiger partial charge in [-0.2, -0.15) is 5.26 Å². The van der Waals surface area contributed by atoms with Crippen molar-refractivity contribution in [3.8, 4) is 6.07 Å². The molecule has 0 radical (unpaired) electrons. The maximum absolute atomic E-state index is 9.20. The van der Waals surface area contributed by atoms with Crippen LogP contribution >= 0.6 is 0 Å². The second-order valence-electron chi connectivity index (χ2n) is 3.95. The molecule has 1 rings (SSSR count). The zero-order chi connectivity index (χ0) is 11.1. The molecular weight excluding hydrogens is 190 g/mol. The first-order valence-electron chi connectivity index (χ1n) is 5.46. The molecule has 1 unspecified atom stereocenters. The number of azide groups is 1. The van der Waals surface area contributed by atoms with Gasteiger partial charge in [0.2, 0.25) is 0 Å². The molecule has 1 fully saturated rings. The van der Waals surface area contributed by atoms with E-state index in [2.05, 4.69) is 21.4 Å². The number of hydrogen-bond donors (Lipinski definition) is 1. The summed E-state index contributed by atoms with van der Waals surface area (Å²) in [6.07, 6.45) is 3.95. The largest absolute Gasteiger partial charge is 0.299 e. The van der Waals surface area contributed by atoms with E-state index in [1.807, 2.05) is 6.92 Å². The lowest BCUT2D eigenvalue weighted by Crippen LogP contribution is -2.46. The lowest BCUT2D eigenvalue weighted by atomic mass is 9.92. The van der Waals surface area contributed by atoms with Gasteiger partial charge < -0.3 is 0 Å². The van der Waals surface area contributed by atoms with Gasteiger partial charge in [0.05, 0.1) is 6.07 Å². The lowest BCUT2D eigenvalue weighted by molar-refractivity contribution is 0.352. The zero-order valence-corrected chi connectivity index (χ0v) is 9.11. The Morgan fingerprint density at radius 3 is 2.87 bits per heavy atom. The van der Waals surface area contributed by atoms with Crippen LogP contribution in [0.25, 0.3) is 10.4 Å². The van der Waals surface area contributed by atoms with E-state index in [4.69, 9.17) is 5.53 Å². The van der Waals surface area contributed by atoms with E-state index < -0.39 is 0 Å². The Morgan fingerprint density at radius 2 is 2.40 bits per heavy atom. The molecule has 0 bridgehead atoms. The van der Waals surface area contributed by atoms with Crippen LogP contribution in [0.3, 0.4) is 0 Å². The summed E-state index contributed by atoms with van der Waals surface area (Å²) in [5.41, 5.74) is 7.76. The minimum Gasteiger partial charge on any atom is -0.299 e. The molecule has 82 valence electrons. The van der Waals surface area contributed by atoms with Crippen molar-refractivity contribution in [2.45, 2.75) is 38.1 Å². The molecule has 0 heterocycles. The number of nitrogens with zero attached hydrogens (tertiary/aromatic N) is 4. The van der Waals surface area contributed by atoms with Crippen LogP contribution in [0.5, 0.6) is 0 Å². The van der Waals surface area contributed by atoms with Gasteiger partial charge in [0.1, 0.15) is 5.54 Å². The molecule has 0 spiro atoms. The van der Waals surface area contributed by atoms with Crippen LogP contribution in [-0.4, -0.2) is 18.6 Å². The van der Waals surface area contributed by atoms with Crippen molar-refractivity contribution in [1.82, 2.24) is 5.32 Å². The Bertz CT molecular complexity index is 285. The van der Waals surface area contributed by atoms with Gasteiger partial charge in [0, 0.05) is 11.5 Å². The minimum atomic E-state index is -0.337. The third kappa shape index (κ3) is 3.12. The maximum atomic E-state index is 9.20. The molecule has 0 aromatic rings. The van der Waals surface area contributed by atoms with E-state index in [9.17, 15) is 5.26 Å². The number of nitrogens with one attached hydrogen (secondary N) is 1. The Labute approximate surface area is 90.1 Å². The number of nitriles is 1. The van der Waals surface area contributed by atoms with Gasteiger partial charge >= 0.3 is 0 Å². The predicted octanol–water partition coefficient (Wildman–Crippen LogP) is 2.36. The molecule has 1 aliphatic rings. The van der Waals surface area contributed by atoms with Gasteiger partial charge in [-0.05, 0) is 43.7 Å². The van der Waals surface area contributed by atoms with Gasteiger partial charge in [0.15, 0.2) is 0 Å². The van der Waals surface area contributed by atoms with Gasteiger partial charge in [0.25, 0.3) is 0 Å². The van der Waals surface area contributed by atoms with Crippen LogP contribution in [0.4, 0.5) is 0 Å². The molecule has 15 heavy (non-hydrogen) atoms. The molecule has 1 atom stereocenters. The monoisotopic (exact) mass is 207 g/mol. The van der Waals surface area contributed by atoms with Crippen molar-refractivity contribution in [2.24, 2.45) is 11.0 Å². The summed E-state index contributed by atoms with van der Waals surface area (Å²) in [6.45, 7) is 3.29. The fraction of sp³-hybridized carbons (Fsp3) is 0.900. The van der Waals surface area contributed by atoms with E-state index in [1.54, 1.807) is 0 Å². The molecule has 0 aromatic heterocycles. The molecule has 5 nitrogen and oxygen atoms in total. The second-order valence-corrected chi connectivity index (χ2v) is 3.95. The highest BCUT2D eigenvalue weighted by Gasteiger charge is 2.43. The quantitative estimate of drug-likeness (QED) is 0.301. The standard InChI is InChI=1S/C10H17N5/c1-2-10(8-11,9-4-5-9)13-6-3-7-14-15-12/h9,13H,2-7H2,1H3. The highest BCUT2D eigenvalue weighted by atomic mass is 15.1.